The molecule has 2 aromatic heterocycles. The lowest BCUT2D eigenvalue weighted by Gasteiger charge is -2.34. The average molecular weight is 313 g/mol. The number of furan rings is 1. The van der Waals surface area contributed by atoms with Gasteiger partial charge in [-0.05, 0) is 30.7 Å². The molecule has 3 heterocycles. The summed E-state index contributed by atoms with van der Waals surface area (Å²) in [5, 5.41) is 0. The smallest absolute Gasteiger partial charge is 0.289 e. The number of nitrogens with zero attached hydrogens (tertiary/aromatic N) is 3. The topological polar surface area (TPSA) is 66.7 Å². The molecule has 0 radical (unpaired) electrons. The predicted molar refractivity (Wildman–Crippen MR) is 83.7 cm³/mol. The number of carbonyl (C=O) groups is 2. The van der Waals surface area contributed by atoms with Crippen LogP contribution in [-0.4, -0.2) is 52.8 Å². The summed E-state index contributed by atoms with van der Waals surface area (Å²) in [7, 11) is 0. The Hall–Kier alpha value is -2.63. The fourth-order valence-electron chi connectivity index (χ4n) is 2.65. The van der Waals surface area contributed by atoms with Crippen LogP contribution in [0.5, 0.6) is 0 Å². The molecule has 0 N–H and O–H groups in total. The number of pyridine rings is 1. The zero-order valence-corrected chi connectivity index (χ0v) is 12.9. The van der Waals surface area contributed by atoms with Crippen LogP contribution in [0.15, 0.2) is 47.2 Å². The SMILES string of the molecule is O=C(CCc1ccccn1)N1CCN(C(=O)c2ccco2)CC1. The molecule has 6 nitrogen and oxygen atoms in total. The third kappa shape index (κ3) is 3.77. The van der Waals surface area contributed by atoms with E-state index in [2.05, 4.69) is 4.98 Å². The number of hydrogen-bond acceptors (Lipinski definition) is 4. The monoisotopic (exact) mass is 313 g/mol. The van der Waals surface area contributed by atoms with Crippen molar-refractivity contribution in [2.45, 2.75) is 12.8 Å². The summed E-state index contributed by atoms with van der Waals surface area (Å²) in [6.45, 7) is 2.20. The second-order valence-electron chi connectivity index (χ2n) is 5.47. The summed E-state index contributed by atoms with van der Waals surface area (Å²) < 4.78 is 5.13. The van der Waals surface area contributed by atoms with Gasteiger partial charge in [-0.3, -0.25) is 14.6 Å². The zero-order chi connectivity index (χ0) is 16.1. The lowest BCUT2D eigenvalue weighted by Crippen LogP contribution is -2.50. The molecule has 6 heteroatoms. The maximum Gasteiger partial charge on any atom is 0.289 e. The summed E-state index contributed by atoms with van der Waals surface area (Å²) in [6.07, 6.45) is 4.32. The number of rotatable bonds is 4. The molecule has 2 amide bonds. The fourth-order valence-corrected chi connectivity index (χ4v) is 2.65. The Labute approximate surface area is 134 Å². The van der Waals surface area contributed by atoms with Gasteiger partial charge >= 0.3 is 0 Å². The third-order valence-electron chi connectivity index (χ3n) is 3.97. The molecule has 0 bridgehead atoms. The Morgan fingerprint density at radius 1 is 1.04 bits per heavy atom. The molecular weight excluding hydrogens is 294 g/mol. The standard InChI is InChI=1S/C17H19N3O3/c21-16(7-6-14-4-1-2-8-18-14)19-9-11-20(12-10-19)17(22)15-5-3-13-23-15/h1-5,8,13H,6-7,9-12H2. The summed E-state index contributed by atoms with van der Waals surface area (Å²) >= 11 is 0. The van der Waals surface area contributed by atoms with Crippen LogP contribution in [0.3, 0.4) is 0 Å². The summed E-state index contributed by atoms with van der Waals surface area (Å²) in [5.41, 5.74) is 0.924. The molecule has 0 aromatic carbocycles. The first-order valence-electron chi connectivity index (χ1n) is 7.74. The van der Waals surface area contributed by atoms with E-state index in [0.717, 1.165) is 5.69 Å². The van der Waals surface area contributed by atoms with E-state index in [-0.39, 0.29) is 11.8 Å². The van der Waals surface area contributed by atoms with Crippen LogP contribution >= 0.6 is 0 Å². The molecular formula is C17H19N3O3. The summed E-state index contributed by atoms with van der Waals surface area (Å²) in [4.78, 5) is 32.2. The number of piperazine rings is 1. The van der Waals surface area contributed by atoms with Crippen molar-refractivity contribution >= 4 is 11.8 Å². The van der Waals surface area contributed by atoms with Crippen molar-refractivity contribution < 1.29 is 14.0 Å². The average Bonchev–Trinajstić information content (AvgIpc) is 3.15. The van der Waals surface area contributed by atoms with Gasteiger partial charge in [-0.2, -0.15) is 0 Å². The van der Waals surface area contributed by atoms with E-state index in [1.807, 2.05) is 23.1 Å². The lowest BCUT2D eigenvalue weighted by atomic mass is 10.2. The van der Waals surface area contributed by atoms with Crippen LogP contribution in [0.4, 0.5) is 0 Å². The Bertz CT molecular complexity index is 647. The molecule has 1 saturated heterocycles. The van der Waals surface area contributed by atoms with Gasteiger partial charge in [0.15, 0.2) is 5.76 Å². The highest BCUT2D eigenvalue weighted by atomic mass is 16.3. The van der Waals surface area contributed by atoms with E-state index in [4.69, 9.17) is 4.42 Å². The second kappa shape index (κ2) is 7.09. The predicted octanol–water partition coefficient (Wildman–Crippen LogP) is 1.59. The zero-order valence-electron chi connectivity index (χ0n) is 12.9. The van der Waals surface area contributed by atoms with Gasteiger partial charge in [-0.1, -0.05) is 6.07 Å². The number of carbonyl (C=O) groups excluding carboxylic acids is 2. The van der Waals surface area contributed by atoms with E-state index >= 15 is 0 Å². The minimum atomic E-state index is -0.115. The van der Waals surface area contributed by atoms with Gasteiger partial charge in [0.05, 0.1) is 6.26 Å². The number of aromatic nitrogens is 1. The van der Waals surface area contributed by atoms with Gasteiger partial charge < -0.3 is 14.2 Å². The van der Waals surface area contributed by atoms with E-state index in [0.29, 0.717) is 44.8 Å². The fraction of sp³-hybridized carbons (Fsp3) is 0.353. The Morgan fingerprint density at radius 3 is 2.48 bits per heavy atom. The minimum Gasteiger partial charge on any atom is -0.459 e. The largest absolute Gasteiger partial charge is 0.459 e. The van der Waals surface area contributed by atoms with Gasteiger partial charge in [-0.15, -0.1) is 0 Å². The van der Waals surface area contributed by atoms with Crippen molar-refractivity contribution in [1.29, 1.82) is 0 Å². The highest BCUT2D eigenvalue weighted by molar-refractivity contribution is 5.91. The third-order valence-corrected chi connectivity index (χ3v) is 3.97. The molecule has 3 rings (SSSR count). The summed E-state index contributed by atoms with van der Waals surface area (Å²) in [6, 6.07) is 9.07. The lowest BCUT2D eigenvalue weighted by molar-refractivity contribution is -0.132. The Kier molecular flexibility index (Phi) is 4.71. The molecule has 0 atom stereocenters. The van der Waals surface area contributed by atoms with E-state index in [9.17, 15) is 9.59 Å². The highest BCUT2D eigenvalue weighted by Gasteiger charge is 2.25. The first-order valence-corrected chi connectivity index (χ1v) is 7.74. The van der Waals surface area contributed by atoms with Gasteiger partial charge in [0.2, 0.25) is 5.91 Å². The van der Waals surface area contributed by atoms with E-state index in [1.54, 1.807) is 23.2 Å². The Balaban J connectivity index is 1.47. The highest BCUT2D eigenvalue weighted by Crippen LogP contribution is 2.11. The summed E-state index contributed by atoms with van der Waals surface area (Å²) in [5.74, 6) is 0.344. The molecule has 1 aliphatic rings. The molecule has 0 spiro atoms. The van der Waals surface area contributed by atoms with E-state index in [1.165, 1.54) is 6.26 Å². The molecule has 23 heavy (non-hydrogen) atoms. The Morgan fingerprint density at radius 2 is 1.83 bits per heavy atom. The second-order valence-corrected chi connectivity index (χ2v) is 5.47. The van der Waals surface area contributed by atoms with Gasteiger partial charge in [0.1, 0.15) is 0 Å². The molecule has 0 aliphatic carbocycles. The van der Waals surface area contributed by atoms with E-state index < -0.39 is 0 Å². The first-order chi connectivity index (χ1) is 11.2. The first kappa shape index (κ1) is 15.3. The van der Waals surface area contributed by atoms with Crippen LogP contribution < -0.4 is 0 Å². The molecule has 2 aromatic rings. The normalized spacial score (nSPS) is 14.8. The maximum absolute atomic E-state index is 12.3. The number of amides is 2. The van der Waals surface area contributed by atoms with Crippen molar-refractivity contribution in [3.8, 4) is 0 Å². The van der Waals surface area contributed by atoms with Crippen molar-refractivity contribution in [3.63, 3.8) is 0 Å². The van der Waals surface area contributed by atoms with Crippen LogP contribution in [0.1, 0.15) is 22.7 Å². The van der Waals surface area contributed by atoms with Gasteiger partial charge in [0.25, 0.3) is 5.91 Å². The maximum atomic E-state index is 12.3. The quantitative estimate of drug-likeness (QED) is 0.860. The van der Waals surface area contributed by atoms with Crippen molar-refractivity contribution in [1.82, 2.24) is 14.8 Å². The molecule has 1 fully saturated rings. The van der Waals surface area contributed by atoms with Crippen LogP contribution in [0.25, 0.3) is 0 Å². The van der Waals surface area contributed by atoms with Crippen LogP contribution in [0, 0.1) is 0 Å². The van der Waals surface area contributed by atoms with Crippen molar-refractivity contribution in [2.75, 3.05) is 26.2 Å². The minimum absolute atomic E-state index is 0.112. The molecule has 1 aliphatic heterocycles. The van der Waals surface area contributed by atoms with Gasteiger partial charge in [0, 0.05) is 44.5 Å². The number of aryl methyl sites for hydroxylation is 1. The molecule has 0 unspecified atom stereocenters. The molecule has 0 saturated carbocycles. The van der Waals surface area contributed by atoms with Crippen molar-refractivity contribution in [2.24, 2.45) is 0 Å². The molecule has 120 valence electrons. The van der Waals surface area contributed by atoms with Crippen molar-refractivity contribution in [3.05, 3.63) is 54.2 Å². The van der Waals surface area contributed by atoms with Gasteiger partial charge in [-0.25, -0.2) is 0 Å². The van der Waals surface area contributed by atoms with Crippen LogP contribution in [0.2, 0.25) is 0 Å². The number of hydrogen-bond donors (Lipinski definition) is 0. The van der Waals surface area contributed by atoms with Crippen LogP contribution in [-0.2, 0) is 11.2 Å².